The maximum atomic E-state index is 14.0. The van der Waals surface area contributed by atoms with Gasteiger partial charge in [-0.2, -0.15) is 65.8 Å². The Hall–Kier alpha value is -8.11. The molecule has 6 aromatic carbocycles. The van der Waals surface area contributed by atoms with Gasteiger partial charge in [-0.15, -0.1) is 0 Å². The van der Waals surface area contributed by atoms with E-state index >= 15 is 0 Å². The molecule has 4 heterocycles. The zero-order valence-corrected chi connectivity index (χ0v) is 85.6. The van der Waals surface area contributed by atoms with Crippen molar-refractivity contribution >= 4 is 113 Å². The summed E-state index contributed by atoms with van der Waals surface area (Å²) in [5, 5.41) is -18.7. The number of halogens is 14. The van der Waals surface area contributed by atoms with Crippen LogP contribution in [0.4, 0.5) is 61.5 Å². The number of benzene rings is 6. The summed E-state index contributed by atoms with van der Waals surface area (Å²) < 4.78 is 344. The lowest BCUT2D eigenvalue weighted by molar-refractivity contribution is -0.247. The molecule has 0 aromatic heterocycles. The molecule has 4 aliphatic heterocycles. The number of hydrogen-bond acceptors (Lipinski definition) is 25. The molecular weight excluding hydrogens is 2070 g/mol. The summed E-state index contributed by atoms with van der Waals surface area (Å²) in [6.45, 7) is 19.9. The predicted octanol–water partition coefficient (Wildman–Crippen LogP) is 18.3. The standard InChI is InChI=1S/C24H29O4S.C24H31O2S.C22H29O2S.C12H17F6NO5S2.C9H8F2O8S.C2F6NO4S2/c1-16(24(25)28-23-15-17-4-5-18(23)14-17)29(21-10-6-19(26-2)7-11-21)22-12-8-20(27-3)9-13-22;1-18-12-8-10-16-21(18)27(22-17-11-9-13-19(22)2)24(3,4)23(25)26-20-14-6-5-7-15-20;1-6-22(7-2,21(23)24-8-3)25(19-13-9-17(4)10-14-19)20-15-11-18(5)12-16-20;13-10(14,12(17,18)26(22,23)24)11(15,16)25(20,21)19-6-5-8-3-1-2-4-9(8)7-19;10-9(11,20(14,15)16)8(13)19-5-3-1-2-4(17-3)6(5)18-7(2)12;3-1(4,5)14(10,11)9-15(12,13)2(6,7)8/h6-13,16-18,23H,4-5,14-15H2,1-3H3;8-13,16-17,20H,5-7,14-15H2,1-4H3;9-16H,6-8H2,1-5H3;8-9H,1-7H2,(H,22,23,24);2-6H,1H2,(H,14,15,16);/q3*+1;;;-1/p-2. The second kappa shape index (κ2) is 47.0. The fourth-order valence-corrected chi connectivity index (χ4v) is 29.6. The van der Waals surface area contributed by atoms with E-state index in [9.17, 15) is 137 Å². The summed E-state index contributed by atoms with van der Waals surface area (Å²) in [4.78, 5) is 69.1. The Morgan fingerprint density at radius 2 is 0.972 bits per heavy atom. The lowest BCUT2D eigenvalue weighted by atomic mass is 9.76. The molecule has 0 radical (unpaired) electrons. The van der Waals surface area contributed by atoms with Gasteiger partial charge in [-0.1, -0.05) is 111 Å². The van der Waals surface area contributed by atoms with Crippen molar-refractivity contribution in [1.29, 1.82) is 0 Å². The second-order valence-electron chi connectivity index (χ2n) is 35.5. The van der Waals surface area contributed by atoms with Gasteiger partial charge in [-0.25, -0.2) is 61.3 Å². The number of nitrogens with zero attached hydrogens (tertiary/aromatic N) is 2. The number of rotatable bonds is 29. The minimum atomic E-state index is -7.25. The number of aryl methyl sites for hydroxylation is 4. The van der Waals surface area contributed by atoms with E-state index in [1.54, 1.807) is 14.2 Å². The van der Waals surface area contributed by atoms with Gasteiger partial charge in [0.2, 0.25) is 14.7 Å². The second-order valence-corrected chi connectivity index (χ2v) is 50.9. The quantitative estimate of drug-likeness (QED) is 0.0138. The lowest BCUT2D eigenvalue weighted by Crippen LogP contribution is -2.64. The fraction of sp³-hybridized carbons (Fsp3) is 0.559. The Morgan fingerprint density at radius 3 is 1.39 bits per heavy atom. The van der Waals surface area contributed by atoms with Crippen LogP contribution in [0.1, 0.15) is 173 Å². The lowest BCUT2D eigenvalue weighted by Gasteiger charge is -2.42. The molecule has 4 aliphatic carbocycles. The average Bonchev–Trinajstić information content (AvgIpc) is 0.821. The first-order valence-corrected chi connectivity index (χ1v) is 55.9. The molecule has 790 valence electrons. The number of methoxy groups -OCH3 is 2. The van der Waals surface area contributed by atoms with Crippen LogP contribution in [0.15, 0.2) is 175 Å². The fourth-order valence-electron chi connectivity index (χ4n) is 17.9. The van der Waals surface area contributed by atoms with Gasteiger partial charge in [-0.3, -0.25) is 4.79 Å². The third kappa shape index (κ3) is 26.3. The van der Waals surface area contributed by atoms with E-state index in [1.807, 2.05) is 62.4 Å². The number of piperidine rings is 1. The van der Waals surface area contributed by atoms with Crippen molar-refractivity contribution < 1.29 is 175 Å². The zero-order chi connectivity index (χ0) is 106. The number of carbonyl (C=O) groups is 5. The van der Waals surface area contributed by atoms with Crippen molar-refractivity contribution in [1.82, 2.24) is 4.31 Å². The normalized spacial score (nSPS) is 22.0. The average molecular weight is 2180 g/mol. The van der Waals surface area contributed by atoms with Crippen LogP contribution < -0.4 is 9.47 Å². The van der Waals surface area contributed by atoms with E-state index in [-0.39, 0.29) is 75.2 Å². The van der Waals surface area contributed by atoms with E-state index in [0.717, 1.165) is 76.3 Å². The van der Waals surface area contributed by atoms with Crippen molar-refractivity contribution in [2.24, 2.45) is 29.6 Å². The Bertz CT molecular complexity index is 5790. The molecule has 4 bridgehead atoms. The Balaban J connectivity index is 0.000000192. The third-order valence-electron chi connectivity index (χ3n) is 25.7. The molecule has 4 saturated heterocycles. The number of esters is 5. The SMILES string of the molecule is CCOC(=O)C(CC)(CC)[S+](c1ccc(C)cc1)c1ccc(C)cc1.COc1ccc([S+](c2ccc(OC)cc2)C(C)C(=O)OC2CC3CCC2C3)cc1.Cc1ccccc1[S+](c1ccccc1C)C(C)(C)C(=O)OC1CCCCC1.O=C1OC2C(OC(=O)C(F)(F)S(=O)(=O)[O-])C3CC1C2O3.O=S(=O)([N-]S(=O)(=O)C(F)(F)F)C(F)(F)F.O=S(=O)([O-])C(F)(F)C(F)(F)C(F)(F)S(=O)(=O)N1CCC2CCCCC2C1. The van der Waals surface area contributed by atoms with Gasteiger partial charge in [0, 0.05) is 37.1 Å². The summed E-state index contributed by atoms with van der Waals surface area (Å²) in [5.74, 6) is -8.17. The molecule has 6 aromatic rings. The van der Waals surface area contributed by atoms with Crippen LogP contribution in [0.5, 0.6) is 11.5 Å². The first-order valence-electron chi connectivity index (χ1n) is 45.1. The number of fused-ring (bicyclic) bond motifs is 4. The molecule has 8 fully saturated rings. The van der Waals surface area contributed by atoms with E-state index in [2.05, 4.69) is 157 Å². The smallest absolute Gasteiger partial charge is 0.480 e. The highest BCUT2D eigenvalue weighted by atomic mass is 32.3. The summed E-state index contributed by atoms with van der Waals surface area (Å²) in [5.41, 5.74) is -7.50. The van der Waals surface area contributed by atoms with Gasteiger partial charge in [0.1, 0.15) is 29.8 Å². The number of hydrogen-bond donors (Lipinski definition) is 0. The van der Waals surface area contributed by atoms with E-state index in [4.69, 9.17) is 33.2 Å². The van der Waals surface area contributed by atoms with Crippen LogP contribution in [-0.2, 0) is 135 Å². The van der Waals surface area contributed by atoms with Gasteiger partial charge in [0.15, 0.2) is 81.9 Å². The van der Waals surface area contributed by atoms with Crippen LogP contribution in [-0.4, -0.2) is 203 Å². The number of sulfonamides is 3. The predicted molar refractivity (Wildman–Crippen MR) is 494 cm³/mol. The number of alkyl halides is 14. The van der Waals surface area contributed by atoms with Crippen molar-refractivity contribution in [3.63, 3.8) is 0 Å². The van der Waals surface area contributed by atoms with Gasteiger partial charge >= 0.3 is 62.5 Å². The van der Waals surface area contributed by atoms with E-state index in [0.29, 0.717) is 25.4 Å². The molecule has 11 unspecified atom stereocenters. The van der Waals surface area contributed by atoms with E-state index < -0.39 is 170 Å². The first-order chi connectivity index (χ1) is 65.9. The van der Waals surface area contributed by atoms with Gasteiger partial charge in [0.25, 0.3) is 10.0 Å². The monoisotopic (exact) mass is 2180 g/mol. The molecule has 0 spiro atoms. The molecule has 11 atom stereocenters. The highest BCUT2D eigenvalue weighted by Gasteiger charge is 2.81. The molecular formula is C93H112F14N2O25S8. The molecule has 4 saturated carbocycles. The van der Waals surface area contributed by atoms with Gasteiger partial charge in [0.05, 0.1) is 65.5 Å². The van der Waals surface area contributed by atoms with Crippen molar-refractivity contribution in [2.45, 2.75) is 292 Å². The van der Waals surface area contributed by atoms with Crippen LogP contribution in [0, 0.1) is 57.3 Å². The Labute approximate surface area is 825 Å². The van der Waals surface area contributed by atoms with Crippen molar-refractivity contribution in [3.05, 3.63) is 172 Å². The highest BCUT2D eigenvalue weighted by molar-refractivity contribution is 8.13. The Morgan fingerprint density at radius 1 is 0.507 bits per heavy atom. The molecule has 0 amide bonds. The van der Waals surface area contributed by atoms with Crippen LogP contribution in [0.3, 0.4) is 0 Å². The third-order valence-corrected chi connectivity index (χ3v) is 40.5. The van der Waals surface area contributed by atoms with Crippen LogP contribution in [0.25, 0.3) is 4.13 Å². The minimum absolute atomic E-state index is 0.0130. The maximum absolute atomic E-state index is 14.0. The van der Waals surface area contributed by atoms with Crippen molar-refractivity contribution in [2.75, 3.05) is 33.9 Å². The Kier molecular flexibility index (Phi) is 38.8. The molecule has 142 heavy (non-hydrogen) atoms. The van der Waals surface area contributed by atoms with Crippen LogP contribution >= 0.6 is 0 Å². The number of carbonyl (C=O) groups excluding carboxylic acids is 5. The molecule has 8 aliphatic rings. The van der Waals surface area contributed by atoms with Gasteiger partial charge in [-0.05, 0) is 235 Å². The minimum Gasteiger partial charge on any atom is -0.743 e. The van der Waals surface area contributed by atoms with Gasteiger partial charge < -0.3 is 51.1 Å². The topological polar surface area (TPSA) is 393 Å². The first kappa shape index (κ1) is 117. The molecule has 0 N–H and O–H groups in total. The largest absolute Gasteiger partial charge is 0.743 e. The summed E-state index contributed by atoms with van der Waals surface area (Å²) in [7, 11) is -31.1. The molecule has 14 rings (SSSR count). The molecule has 49 heteroatoms. The maximum Gasteiger partial charge on any atom is 0.480 e. The highest BCUT2D eigenvalue weighted by Crippen LogP contribution is 2.54. The van der Waals surface area contributed by atoms with E-state index in [1.165, 1.54) is 80.4 Å². The summed E-state index contributed by atoms with van der Waals surface area (Å²) >= 11 is 0. The zero-order valence-electron chi connectivity index (χ0n) is 79.1. The number of ether oxygens (including phenoxy) is 8. The van der Waals surface area contributed by atoms with Crippen LogP contribution in [0.2, 0.25) is 0 Å². The summed E-state index contributed by atoms with van der Waals surface area (Å²) in [6.07, 6.45) is 11.2. The summed E-state index contributed by atoms with van der Waals surface area (Å²) in [6, 6.07) is 50.0. The van der Waals surface area contributed by atoms with Crippen molar-refractivity contribution in [3.8, 4) is 11.5 Å². The molecule has 27 nitrogen and oxygen atoms in total.